The molecule has 0 aromatic carbocycles. The Morgan fingerprint density at radius 2 is 1.25 bits per heavy atom. The van der Waals surface area contributed by atoms with Crippen LogP contribution in [0.5, 0.6) is 0 Å². The standard InChI is InChI=1S/C22H42O2/c1-7-16(2)18-8-12-20(13-9-18)23-17(3)24-21-14-10-19(11-15-21)22(4,5)6/h16-21H,7-15H2,1-6H3. The van der Waals surface area contributed by atoms with Gasteiger partial charge in [-0.2, -0.15) is 0 Å². The molecule has 0 spiro atoms. The van der Waals surface area contributed by atoms with E-state index in [0.29, 0.717) is 17.6 Å². The molecule has 0 bridgehead atoms. The summed E-state index contributed by atoms with van der Waals surface area (Å²) in [5.41, 5.74) is 0.446. The molecule has 0 radical (unpaired) electrons. The van der Waals surface area contributed by atoms with Crippen molar-refractivity contribution in [1.29, 1.82) is 0 Å². The Balaban J connectivity index is 1.65. The average Bonchev–Trinajstić information content (AvgIpc) is 2.54. The molecular weight excluding hydrogens is 296 g/mol. The molecule has 0 heterocycles. The molecule has 0 saturated heterocycles. The summed E-state index contributed by atoms with van der Waals surface area (Å²) >= 11 is 0. The normalized spacial score (nSPS) is 34.8. The van der Waals surface area contributed by atoms with Gasteiger partial charge in [0.15, 0.2) is 6.29 Å². The van der Waals surface area contributed by atoms with Crippen LogP contribution in [0.4, 0.5) is 0 Å². The summed E-state index contributed by atoms with van der Waals surface area (Å²) in [4.78, 5) is 0. The van der Waals surface area contributed by atoms with Gasteiger partial charge in [-0.15, -0.1) is 0 Å². The average molecular weight is 339 g/mol. The first-order chi connectivity index (χ1) is 11.3. The fourth-order valence-corrected chi connectivity index (χ4v) is 4.77. The Bertz CT molecular complexity index is 343. The monoisotopic (exact) mass is 338 g/mol. The first-order valence-electron chi connectivity index (χ1n) is 10.6. The summed E-state index contributed by atoms with van der Waals surface area (Å²) in [6, 6.07) is 0. The van der Waals surface area contributed by atoms with Crippen LogP contribution in [-0.4, -0.2) is 18.5 Å². The number of hydrogen-bond acceptors (Lipinski definition) is 2. The number of rotatable bonds is 6. The molecular formula is C22H42O2. The summed E-state index contributed by atoms with van der Waals surface area (Å²) in [5, 5.41) is 0. The van der Waals surface area contributed by atoms with Gasteiger partial charge in [-0.3, -0.25) is 0 Å². The molecule has 2 fully saturated rings. The van der Waals surface area contributed by atoms with Gasteiger partial charge in [0.25, 0.3) is 0 Å². The van der Waals surface area contributed by atoms with E-state index in [2.05, 4.69) is 41.5 Å². The van der Waals surface area contributed by atoms with Gasteiger partial charge in [-0.1, -0.05) is 41.0 Å². The highest BCUT2D eigenvalue weighted by molar-refractivity contribution is 4.81. The lowest BCUT2D eigenvalue weighted by Gasteiger charge is -2.38. The van der Waals surface area contributed by atoms with Crippen LogP contribution in [0.3, 0.4) is 0 Å². The Hall–Kier alpha value is -0.0800. The number of ether oxygens (including phenoxy) is 2. The van der Waals surface area contributed by atoms with Crippen molar-refractivity contribution in [2.45, 2.75) is 118 Å². The molecule has 2 atom stereocenters. The van der Waals surface area contributed by atoms with E-state index in [1.165, 1.54) is 57.8 Å². The molecule has 2 rings (SSSR count). The highest BCUT2D eigenvalue weighted by Crippen LogP contribution is 2.39. The molecule has 0 aliphatic heterocycles. The number of hydrogen-bond donors (Lipinski definition) is 0. The summed E-state index contributed by atoms with van der Waals surface area (Å²) < 4.78 is 12.5. The quantitative estimate of drug-likeness (QED) is 0.509. The lowest BCUT2D eigenvalue weighted by molar-refractivity contribution is -0.198. The molecule has 2 heteroatoms. The van der Waals surface area contributed by atoms with Gasteiger partial charge in [-0.25, -0.2) is 0 Å². The third-order valence-corrected chi connectivity index (χ3v) is 6.83. The molecule has 0 aromatic rings. The van der Waals surface area contributed by atoms with Crippen LogP contribution in [0.25, 0.3) is 0 Å². The van der Waals surface area contributed by atoms with Crippen LogP contribution < -0.4 is 0 Å². The van der Waals surface area contributed by atoms with Crippen molar-refractivity contribution in [2.75, 3.05) is 0 Å². The fraction of sp³-hybridized carbons (Fsp3) is 1.00. The lowest BCUT2D eigenvalue weighted by Crippen LogP contribution is -2.34. The van der Waals surface area contributed by atoms with Crippen molar-refractivity contribution in [1.82, 2.24) is 0 Å². The van der Waals surface area contributed by atoms with E-state index >= 15 is 0 Å². The molecule has 0 amide bonds. The Morgan fingerprint density at radius 3 is 1.67 bits per heavy atom. The van der Waals surface area contributed by atoms with E-state index in [4.69, 9.17) is 9.47 Å². The van der Waals surface area contributed by atoms with Gasteiger partial charge >= 0.3 is 0 Å². The fourth-order valence-electron chi connectivity index (χ4n) is 4.77. The van der Waals surface area contributed by atoms with E-state index in [1.807, 2.05) is 0 Å². The predicted molar refractivity (Wildman–Crippen MR) is 102 cm³/mol. The van der Waals surface area contributed by atoms with Crippen molar-refractivity contribution in [2.24, 2.45) is 23.2 Å². The smallest absolute Gasteiger partial charge is 0.155 e. The highest BCUT2D eigenvalue weighted by Gasteiger charge is 2.31. The molecule has 2 unspecified atom stereocenters. The van der Waals surface area contributed by atoms with E-state index in [1.54, 1.807) is 0 Å². The first-order valence-corrected chi connectivity index (χ1v) is 10.6. The van der Waals surface area contributed by atoms with Gasteiger partial charge in [-0.05, 0) is 81.5 Å². The molecule has 0 aromatic heterocycles. The molecule has 2 aliphatic rings. The van der Waals surface area contributed by atoms with Crippen LogP contribution in [0.15, 0.2) is 0 Å². The second-order valence-corrected chi connectivity index (χ2v) is 9.60. The van der Waals surface area contributed by atoms with Crippen LogP contribution >= 0.6 is 0 Å². The zero-order chi connectivity index (χ0) is 17.7. The second-order valence-electron chi connectivity index (χ2n) is 9.60. The Kier molecular flexibility index (Phi) is 7.61. The Morgan fingerprint density at radius 1 is 0.792 bits per heavy atom. The van der Waals surface area contributed by atoms with Crippen molar-refractivity contribution in [3.05, 3.63) is 0 Å². The third-order valence-electron chi connectivity index (χ3n) is 6.83. The summed E-state index contributed by atoms with van der Waals surface area (Å²) in [5.74, 6) is 2.64. The topological polar surface area (TPSA) is 18.5 Å². The molecule has 24 heavy (non-hydrogen) atoms. The van der Waals surface area contributed by atoms with Gasteiger partial charge in [0.1, 0.15) is 0 Å². The van der Waals surface area contributed by atoms with E-state index in [0.717, 1.165) is 17.8 Å². The third kappa shape index (κ3) is 6.02. The van der Waals surface area contributed by atoms with E-state index in [9.17, 15) is 0 Å². The van der Waals surface area contributed by atoms with Crippen LogP contribution in [0, 0.1) is 23.2 Å². The minimum Gasteiger partial charge on any atom is -0.350 e. The maximum absolute atomic E-state index is 6.23. The maximum atomic E-state index is 6.23. The largest absolute Gasteiger partial charge is 0.350 e. The summed E-state index contributed by atoms with van der Waals surface area (Å²) in [6.45, 7) is 14.0. The van der Waals surface area contributed by atoms with Crippen LogP contribution in [0.1, 0.15) is 99.3 Å². The van der Waals surface area contributed by atoms with Crippen LogP contribution in [-0.2, 0) is 9.47 Å². The zero-order valence-corrected chi connectivity index (χ0v) is 17.1. The second kappa shape index (κ2) is 9.03. The SMILES string of the molecule is CCC(C)C1CCC(OC(C)OC2CCC(C(C)(C)C)CC2)CC1. The predicted octanol–water partition coefficient (Wildman–Crippen LogP) is 6.58. The van der Waals surface area contributed by atoms with Gasteiger partial charge < -0.3 is 9.47 Å². The van der Waals surface area contributed by atoms with Gasteiger partial charge in [0.05, 0.1) is 12.2 Å². The maximum Gasteiger partial charge on any atom is 0.155 e. The molecule has 0 N–H and O–H groups in total. The minimum atomic E-state index is -0.0358. The van der Waals surface area contributed by atoms with Crippen molar-refractivity contribution >= 4 is 0 Å². The Labute approximate surface area is 151 Å². The van der Waals surface area contributed by atoms with E-state index in [-0.39, 0.29) is 6.29 Å². The zero-order valence-electron chi connectivity index (χ0n) is 17.1. The van der Waals surface area contributed by atoms with Crippen molar-refractivity contribution in [3.8, 4) is 0 Å². The highest BCUT2D eigenvalue weighted by atomic mass is 16.7. The minimum absolute atomic E-state index is 0.0358. The van der Waals surface area contributed by atoms with Crippen molar-refractivity contribution in [3.63, 3.8) is 0 Å². The van der Waals surface area contributed by atoms with Crippen LogP contribution in [0.2, 0.25) is 0 Å². The first kappa shape index (κ1) is 20.2. The molecule has 2 saturated carbocycles. The van der Waals surface area contributed by atoms with Crippen molar-refractivity contribution < 1.29 is 9.47 Å². The molecule has 142 valence electrons. The van der Waals surface area contributed by atoms with Gasteiger partial charge in [0, 0.05) is 0 Å². The van der Waals surface area contributed by atoms with Gasteiger partial charge in [0.2, 0.25) is 0 Å². The molecule has 2 nitrogen and oxygen atoms in total. The lowest BCUT2D eigenvalue weighted by atomic mass is 9.72. The summed E-state index contributed by atoms with van der Waals surface area (Å²) in [6.07, 6.45) is 12.2. The van der Waals surface area contributed by atoms with E-state index < -0.39 is 0 Å². The molecule has 2 aliphatic carbocycles. The summed E-state index contributed by atoms with van der Waals surface area (Å²) in [7, 11) is 0.